The van der Waals surface area contributed by atoms with E-state index in [0.29, 0.717) is 26.0 Å². The third-order valence-electron chi connectivity index (χ3n) is 7.59. The van der Waals surface area contributed by atoms with Crippen molar-refractivity contribution in [3.8, 4) is 6.07 Å². The summed E-state index contributed by atoms with van der Waals surface area (Å²) in [6.45, 7) is 2.76. The highest BCUT2D eigenvalue weighted by molar-refractivity contribution is 5.93. The van der Waals surface area contributed by atoms with E-state index in [0.717, 1.165) is 29.3 Å². The molecule has 2 aliphatic carbocycles. The van der Waals surface area contributed by atoms with E-state index in [2.05, 4.69) is 15.3 Å². The van der Waals surface area contributed by atoms with Crippen LogP contribution in [0.2, 0.25) is 0 Å². The number of aryl methyl sites for hydroxylation is 1. The maximum absolute atomic E-state index is 13.8. The number of likely N-dealkylation sites (N-methyl/N-ethyl adjacent to an activating group) is 1. The number of amides is 2. The Hall–Kier alpha value is -5.06. The van der Waals surface area contributed by atoms with Crippen LogP contribution >= 0.6 is 0 Å². The molecule has 2 fully saturated rings. The summed E-state index contributed by atoms with van der Waals surface area (Å²) in [7, 11) is 1.60. The third kappa shape index (κ3) is 6.46. The van der Waals surface area contributed by atoms with Crippen molar-refractivity contribution < 1.29 is 36.7 Å². The molecule has 0 radical (unpaired) electrons. The molecule has 3 aliphatic rings. The summed E-state index contributed by atoms with van der Waals surface area (Å²) in [6.07, 6.45) is 1.17. The smallest absolute Gasteiger partial charge is 0.416 e. The number of carbonyl (C=O) groups excluding carboxylic acids is 3. The number of rotatable bonds is 5. The molecule has 230 valence electrons. The number of nitrogens with one attached hydrogen (secondary N) is 1. The highest BCUT2D eigenvalue weighted by Crippen LogP contribution is 2.45. The van der Waals surface area contributed by atoms with Crippen molar-refractivity contribution in [1.82, 2.24) is 15.3 Å². The lowest BCUT2D eigenvalue weighted by Crippen LogP contribution is -2.59. The Morgan fingerprint density at radius 1 is 1.16 bits per heavy atom. The number of carbonyl (C=O) groups is 3. The zero-order chi connectivity index (χ0) is 32.1. The zero-order valence-electron chi connectivity index (χ0n) is 23.6. The van der Waals surface area contributed by atoms with Crippen molar-refractivity contribution in [2.45, 2.75) is 43.2 Å². The molecule has 0 spiro atoms. The van der Waals surface area contributed by atoms with Crippen molar-refractivity contribution in [3.63, 3.8) is 0 Å². The van der Waals surface area contributed by atoms with Gasteiger partial charge in [0.15, 0.2) is 0 Å². The van der Waals surface area contributed by atoms with E-state index < -0.39 is 54.0 Å². The van der Waals surface area contributed by atoms with Crippen molar-refractivity contribution in [1.29, 1.82) is 5.26 Å². The van der Waals surface area contributed by atoms with E-state index in [-0.39, 0.29) is 17.3 Å². The number of alkyl halides is 2. The van der Waals surface area contributed by atoms with Gasteiger partial charge in [0.1, 0.15) is 42.3 Å². The van der Waals surface area contributed by atoms with Crippen LogP contribution in [0, 0.1) is 23.0 Å². The van der Waals surface area contributed by atoms with Gasteiger partial charge in [-0.2, -0.15) is 5.26 Å². The van der Waals surface area contributed by atoms with Gasteiger partial charge in [-0.1, -0.05) is 24.3 Å². The van der Waals surface area contributed by atoms with Crippen LogP contribution in [0.5, 0.6) is 0 Å². The van der Waals surface area contributed by atoms with E-state index in [4.69, 9.17) is 14.8 Å². The van der Waals surface area contributed by atoms with Crippen LogP contribution in [-0.4, -0.2) is 60.9 Å². The summed E-state index contributed by atoms with van der Waals surface area (Å²) in [6, 6.07) is 13.2. The molecule has 14 heteroatoms. The van der Waals surface area contributed by atoms with Crippen LogP contribution in [0.4, 0.5) is 34.0 Å². The lowest BCUT2D eigenvalue weighted by Gasteiger charge is -2.43. The molecular formula is C30H28F4N6O4. The van der Waals surface area contributed by atoms with Crippen LogP contribution in [0.3, 0.4) is 0 Å². The van der Waals surface area contributed by atoms with Crippen molar-refractivity contribution in [2.75, 3.05) is 30.0 Å². The molecule has 2 amide bonds. The molecular weight excluding hydrogens is 584 g/mol. The second-order valence-corrected chi connectivity index (χ2v) is 10.3. The van der Waals surface area contributed by atoms with E-state index in [1.807, 2.05) is 31.1 Å². The SMILES string of the molecule is C=O.CN(c1cc(F)cc(F)c1)C1(C(=O)NC2CC(F)(F)C2)CCc2ccccc21.N#Cc1ccnc(N2CCOC2=O)n1. The van der Waals surface area contributed by atoms with Crippen molar-refractivity contribution >= 4 is 30.4 Å². The van der Waals surface area contributed by atoms with Crippen LogP contribution in [0.15, 0.2) is 54.7 Å². The van der Waals surface area contributed by atoms with Gasteiger partial charge in [-0.15, -0.1) is 0 Å². The predicted octanol–water partition coefficient (Wildman–Crippen LogP) is 4.28. The molecule has 1 saturated carbocycles. The van der Waals surface area contributed by atoms with Crippen molar-refractivity contribution in [3.05, 3.63) is 83.2 Å². The molecule has 10 nitrogen and oxygen atoms in total. The Kier molecular flexibility index (Phi) is 9.46. The largest absolute Gasteiger partial charge is 0.447 e. The van der Waals surface area contributed by atoms with Crippen LogP contribution in [0.25, 0.3) is 0 Å². The minimum atomic E-state index is -2.75. The number of hydrogen-bond acceptors (Lipinski definition) is 8. The number of fused-ring (bicyclic) bond motifs is 1. The Morgan fingerprint density at radius 3 is 2.45 bits per heavy atom. The number of hydrogen-bond donors (Lipinski definition) is 1. The minimum Gasteiger partial charge on any atom is -0.447 e. The topological polar surface area (TPSA) is 129 Å². The summed E-state index contributed by atoms with van der Waals surface area (Å²) < 4.78 is 58.8. The van der Waals surface area contributed by atoms with Gasteiger partial charge >= 0.3 is 6.09 Å². The molecule has 6 rings (SSSR count). The predicted molar refractivity (Wildman–Crippen MR) is 150 cm³/mol. The minimum absolute atomic E-state index is 0.211. The van der Waals surface area contributed by atoms with Crippen molar-refractivity contribution in [2.24, 2.45) is 0 Å². The average molecular weight is 613 g/mol. The van der Waals surface area contributed by atoms with Gasteiger partial charge in [-0.25, -0.2) is 37.2 Å². The first-order chi connectivity index (χ1) is 21.0. The molecule has 0 bridgehead atoms. The van der Waals surface area contributed by atoms with E-state index in [1.54, 1.807) is 18.0 Å². The zero-order valence-corrected chi connectivity index (χ0v) is 23.6. The molecule has 1 aliphatic heterocycles. The van der Waals surface area contributed by atoms with Crippen LogP contribution in [-0.2, 0) is 26.3 Å². The lowest BCUT2D eigenvalue weighted by atomic mass is 9.84. The molecule has 44 heavy (non-hydrogen) atoms. The number of nitrogens with zero attached hydrogens (tertiary/aromatic N) is 5. The van der Waals surface area contributed by atoms with E-state index in [1.165, 1.54) is 17.2 Å². The summed E-state index contributed by atoms with van der Waals surface area (Å²) in [5, 5.41) is 11.3. The Balaban J connectivity index is 0.000000231. The van der Waals surface area contributed by atoms with Gasteiger partial charge in [-0.3, -0.25) is 4.79 Å². The van der Waals surface area contributed by atoms with Crippen LogP contribution in [0.1, 0.15) is 36.1 Å². The molecule has 2 heterocycles. The molecule has 1 unspecified atom stereocenters. The fourth-order valence-corrected chi connectivity index (χ4v) is 5.47. The average Bonchev–Trinajstić information content (AvgIpc) is 3.61. The third-order valence-corrected chi connectivity index (χ3v) is 7.59. The van der Waals surface area contributed by atoms with Gasteiger partial charge in [0, 0.05) is 43.9 Å². The van der Waals surface area contributed by atoms with Gasteiger partial charge in [0.05, 0.1) is 6.54 Å². The van der Waals surface area contributed by atoms with Gasteiger partial charge in [0.25, 0.3) is 11.8 Å². The molecule has 3 aromatic rings. The first-order valence-corrected chi connectivity index (χ1v) is 13.5. The Bertz CT molecular complexity index is 1560. The summed E-state index contributed by atoms with van der Waals surface area (Å²) >= 11 is 0. The number of anilines is 2. The van der Waals surface area contributed by atoms with Gasteiger partial charge < -0.3 is 19.7 Å². The summed E-state index contributed by atoms with van der Waals surface area (Å²) in [5.41, 5.74) is 0.908. The first-order valence-electron chi connectivity index (χ1n) is 13.5. The highest BCUT2D eigenvalue weighted by atomic mass is 19.3. The number of benzene rings is 2. The normalized spacial score (nSPS) is 19.5. The molecule has 1 N–H and O–H groups in total. The fraction of sp³-hybridized carbons (Fsp3) is 0.333. The van der Waals surface area contributed by atoms with E-state index in [9.17, 15) is 27.2 Å². The Labute approximate surface area is 250 Å². The summed E-state index contributed by atoms with van der Waals surface area (Å²) in [5.74, 6) is -4.46. The number of ether oxygens (including phenoxy) is 1. The number of nitriles is 1. The Morgan fingerprint density at radius 2 is 1.84 bits per heavy atom. The molecule has 1 aromatic heterocycles. The highest BCUT2D eigenvalue weighted by Gasteiger charge is 2.52. The van der Waals surface area contributed by atoms with Gasteiger partial charge in [-0.05, 0) is 42.2 Å². The first kappa shape index (κ1) is 31.9. The fourth-order valence-electron chi connectivity index (χ4n) is 5.47. The lowest BCUT2D eigenvalue weighted by molar-refractivity contribution is -0.134. The quantitative estimate of drug-likeness (QED) is 0.423. The number of aromatic nitrogens is 2. The number of cyclic esters (lactones) is 1. The monoisotopic (exact) mass is 612 g/mol. The maximum Gasteiger partial charge on any atom is 0.416 e. The second kappa shape index (κ2) is 13.1. The summed E-state index contributed by atoms with van der Waals surface area (Å²) in [4.78, 5) is 43.1. The van der Waals surface area contributed by atoms with E-state index >= 15 is 0 Å². The second-order valence-electron chi connectivity index (χ2n) is 10.3. The van der Waals surface area contributed by atoms with Gasteiger partial charge in [0.2, 0.25) is 5.95 Å². The van der Waals surface area contributed by atoms with Crippen LogP contribution < -0.4 is 15.1 Å². The standard InChI is InChI=1S/C21H20F4N2O.C8H6N4O2.CH2O/c1-27(17-9-14(22)8-15(23)10-17)21(7-6-13-4-2-3-5-18(13)21)19(28)26-16-11-20(24,25)12-16;9-5-6-1-2-10-7(11-6)12-3-4-14-8(12)13;1-2/h2-5,8-10,16H,6-7,11-12H2,1H3,(H,26,28);1-2H,3-4H2;1H2. The molecule has 1 atom stereocenters. The molecule has 2 aromatic carbocycles. The molecule has 1 saturated heterocycles. The number of halogens is 4. The maximum atomic E-state index is 13.8.